The van der Waals surface area contributed by atoms with Gasteiger partial charge in [0.05, 0.1) is 38.1 Å². The predicted molar refractivity (Wildman–Crippen MR) is 66.8 cm³/mol. The van der Waals surface area contributed by atoms with E-state index in [-0.39, 0.29) is 32.0 Å². The SMILES string of the molecule is CC(C)CC(C)OCC(O)CNC(CO)CO. The van der Waals surface area contributed by atoms with Gasteiger partial charge in [-0.3, -0.25) is 0 Å². The Morgan fingerprint density at radius 2 is 1.71 bits per heavy atom. The molecule has 0 aromatic carbocycles. The van der Waals surface area contributed by atoms with E-state index in [4.69, 9.17) is 14.9 Å². The minimum atomic E-state index is -0.620. The van der Waals surface area contributed by atoms with Crippen LogP contribution in [0.5, 0.6) is 0 Å². The molecule has 5 heteroatoms. The summed E-state index contributed by atoms with van der Waals surface area (Å²) in [7, 11) is 0. The number of nitrogens with one attached hydrogen (secondary N) is 1. The van der Waals surface area contributed by atoms with Gasteiger partial charge in [0.15, 0.2) is 0 Å². The fourth-order valence-corrected chi connectivity index (χ4v) is 1.56. The molecule has 0 bridgehead atoms. The molecule has 0 aliphatic rings. The summed E-state index contributed by atoms with van der Waals surface area (Å²) in [6.45, 7) is 6.53. The molecule has 0 heterocycles. The second-order valence-corrected chi connectivity index (χ2v) is 4.90. The minimum absolute atomic E-state index is 0.135. The minimum Gasteiger partial charge on any atom is -0.395 e. The molecule has 4 N–H and O–H groups in total. The molecule has 2 unspecified atom stereocenters. The number of ether oxygens (including phenoxy) is 1. The summed E-state index contributed by atoms with van der Waals surface area (Å²) in [4.78, 5) is 0. The Kier molecular flexibility index (Phi) is 9.68. The highest BCUT2D eigenvalue weighted by atomic mass is 16.5. The molecule has 0 aromatic heterocycles. The third-order valence-corrected chi connectivity index (χ3v) is 2.46. The Hall–Kier alpha value is -0.200. The van der Waals surface area contributed by atoms with Crippen molar-refractivity contribution in [3.05, 3.63) is 0 Å². The molecule has 0 rings (SSSR count). The highest BCUT2D eigenvalue weighted by Gasteiger charge is 2.11. The van der Waals surface area contributed by atoms with E-state index in [1.165, 1.54) is 0 Å². The Morgan fingerprint density at radius 1 is 1.12 bits per heavy atom. The van der Waals surface area contributed by atoms with E-state index in [9.17, 15) is 5.11 Å². The van der Waals surface area contributed by atoms with Gasteiger partial charge in [-0.25, -0.2) is 0 Å². The van der Waals surface area contributed by atoms with Crippen molar-refractivity contribution < 1.29 is 20.1 Å². The quantitative estimate of drug-likeness (QED) is 0.429. The van der Waals surface area contributed by atoms with E-state index in [1.54, 1.807) is 0 Å². The first kappa shape index (κ1) is 16.8. The molecular formula is C12H27NO4. The number of rotatable bonds is 10. The first-order valence-electron chi connectivity index (χ1n) is 6.24. The van der Waals surface area contributed by atoms with Gasteiger partial charge in [0.25, 0.3) is 0 Å². The standard InChI is InChI=1S/C12H27NO4/c1-9(2)4-10(3)17-8-12(16)5-13-11(6-14)7-15/h9-16H,4-8H2,1-3H3. The molecule has 0 saturated carbocycles. The smallest absolute Gasteiger partial charge is 0.0897 e. The Labute approximate surface area is 104 Å². The van der Waals surface area contributed by atoms with E-state index in [0.29, 0.717) is 12.5 Å². The average molecular weight is 249 g/mol. The Bertz CT molecular complexity index is 174. The summed E-state index contributed by atoms with van der Waals surface area (Å²) in [5.74, 6) is 0.577. The third kappa shape index (κ3) is 9.50. The van der Waals surface area contributed by atoms with E-state index in [2.05, 4.69) is 19.2 Å². The molecule has 104 valence electrons. The summed E-state index contributed by atoms with van der Waals surface area (Å²) in [5, 5.41) is 30.1. The van der Waals surface area contributed by atoms with E-state index in [0.717, 1.165) is 6.42 Å². The summed E-state index contributed by atoms with van der Waals surface area (Å²) in [6.07, 6.45) is 0.483. The number of hydrogen-bond donors (Lipinski definition) is 4. The molecule has 17 heavy (non-hydrogen) atoms. The van der Waals surface area contributed by atoms with Crippen LogP contribution in [0.25, 0.3) is 0 Å². The second-order valence-electron chi connectivity index (χ2n) is 4.90. The lowest BCUT2D eigenvalue weighted by Crippen LogP contribution is -2.41. The van der Waals surface area contributed by atoms with Gasteiger partial charge in [-0.15, -0.1) is 0 Å². The van der Waals surface area contributed by atoms with Gasteiger partial charge in [-0.1, -0.05) is 13.8 Å². The zero-order valence-electron chi connectivity index (χ0n) is 11.1. The maximum absolute atomic E-state index is 9.62. The monoisotopic (exact) mass is 249 g/mol. The van der Waals surface area contributed by atoms with Crippen molar-refractivity contribution in [1.82, 2.24) is 5.32 Å². The zero-order valence-corrected chi connectivity index (χ0v) is 11.1. The van der Waals surface area contributed by atoms with Crippen molar-refractivity contribution in [2.45, 2.75) is 45.4 Å². The van der Waals surface area contributed by atoms with Crippen molar-refractivity contribution in [3.8, 4) is 0 Å². The first-order chi connectivity index (χ1) is 7.99. The van der Waals surface area contributed by atoms with Gasteiger partial charge >= 0.3 is 0 Å². The first-order valence-corrected chi connectivity index (χ1v) is 6.24. The highest BCUT2D eigenvalue weighted by molar-refractivity contribution is 4.67. The molecule has 0 aromatic rings. The molecule has 0 aliphatic heterocycles. The van der Waals surface area contributed by atoms with Gasteiger partial charge < -0.3 is 25.4 Å². The normalized spacial score (nSPS) is 15.5. The third-order valence-electron chi connectivity index (χ3n) is 2.46. The predicted octanol–water partition coefficient (Wildman–Crippen LogP) is -0.259. The van der Waals surface area contributed by atoms with Crippen molar-refractivity contribution >= 4 is 0 Å². The van der Waals surface area contributed by atoms with Crippen LogP contribution in [0.3, 0.4) is 0 Å². The van der Waals surface area contributed by atoms with Crippen LogP contribution in [0.1, 0.15) is 27.2 Å². The van der Waals surface area contributed by atoms with E-state index >= 15 is 0 Å². The Balaban J connectivity index is 3.61. The van der Waals surface area contributed by atoms with Crippen LogP contribution in [0.15, 0.2) is 0 Å². The largest absolute Gasteiger partial charge is 0.395 e. The van der Waals surface area contributed by atoms with Crippen LogP contribution in [0.4, 0.5) is 0 Å². The van der Waals surface area contributed by atoms with Gasteiger partial charge in [0.1, 0.15) is 0 Å². The lowest BCUT2D eigenvalue weighted by atomic mass is 10.1. The number of aliphatic hydroxyl groups is 3. The summed E-state index contributed by atoms with van der Waals surface area (Å²) >= 11 is 0. The lowest BCUT2D eigenvalue weighted by molar-refractivity contribution is -0.0105. The molecule has 0 aliphatic carbocycles. The Morgan fingerprint density at radius 3 is 2.18 bits per heavy atom. The maximum Gasteiger partial charge on any atom is 0.0897 e. The molecule has 5 nitrogen and oxygen atoms in total. The molecular weight excluding hydrogens is 222 g/mol. The van der Waals surface area contributed by atoms with Crippen molar-refractivity contribution in [2.24, 2.45) is 5.92 Å². The van der Waals surface area contributed by atoms with Crippen LogP contribution >= 0.6 is 0 Å². The van der Waals surface area contributed by atoms with Crippen LogP contribution in [0, 0.1) is 5.92 Å². The topological polar surface area (TPSA) is 82.0 Å². The second kappa shape index (κ2) is 9.79. The van der Waals surface area contributed by atoms with Gasteiger partial charge in [0.2, 0.25) is 0 Å². The highest BCUT2D eigenvalue weighted by Crippen LogP contribution is 2.07. The fourth-order valence-electron chi connectivity index (χ4n) is 1.56. The molecule has 0 radical (unpaired) electrons. The van der Waals surface area contributed by atoms with Crippen molar-refractivity contribution in [2.75, 3.05) is 26.4 Å². The molecule has 0 fully saturated rings. The summed E-state index contributed by atoms with van der Waals surface area (Å²) in [5.41, 5.74) is 0. The molecule has 0 saturated heterocycles. The number of aliphatic hydroxyl groups excluding tert-OH is 3. The molecule has 2 atom stereocenters. The van der Waals surface area contributed by atoms with Gasteiger partial charge in [0, 0.05) is 6.54 Å². The fraction of sp³-hybridized carbons (Fsp3) is 1.00. The lowest BCUT2D eigenvalue weighted by Gasteiger charge is -2.20. The maximum atomic E-state index is 9.62. The zero-order chi connectivity index (χ0) is 13.3. The van der Waals surface area contributed by atoms with Crippen molar-refractivity contribution in [3.63, 3.8) is 0 Å². The van der Waals surface area contributed by atoms with Crippen LogP contribution in [-0.2, 0) is 4.74 Å². The van der Waals surface area contributed by atoms with Crippen LogP contribution in [-0.4, -0.2) is 59.9 Å². The summed E-state index contributed by atoms with van der Waals surface area (Å²) in [6, 6.07) is -0.377. The molecule has 0 amide bonds. The van der Waals surface area contributed by atoms with Crippen LogP contribution in [0.2, 0.25) is 0 Å². The molecule has 0 spiro atoms. The average Bonchev–Trinajstić information content (AvgIpc) is 2.27. The van der Waals surface area contributed by atoms with Crippen molar-refractivity contribution in [1.29, 1.82) is 0 Å². The van der Waals surface area contributed by atoms with E-state index < -0.39 is 6.10 Å². The van der Waals surface area contributed by atoms with Gasteiger partial charge in [-0.05, 0) is 19.3 Å². The van der Waals surface area contributed by atoms with E-state index in [1.807, 2.05) is 6.92 Å². The van der Waals surface area contributed by atoms with Gasteiger partial charge in [-0.2, -0.15) is 0 Å². The van der Waals surface area contributed by atoms with Crippen LogP contribution < -0.4 is 5.32 Å². The summed E-state index contributed by atoms with van der Waals surface area (Å²) < 4.78 is 5.50. The number of hydrogen-bond acceptors (Lipinski definition) is 5.